The van der Waals surface area contributed by atoms with Crippen LogP contribution in [0.2, 0.25) is 5.02 Å². The molecule has 4 nitrogen and oxygen atoms in total. The Labute approximate surface area is 108 Å². The number of alkyl carbamates (subject to hydrolysis) is 1. The van der Waals surface area contributed by atoms with Crippen LogP contribution in [-0.2, 0) is 4.74 Å². The lowest BCUT2D eigenvalue weighted by atomic mass is 10.2. The van der Waals surface area contributed by atoms with E-state index in [1.54, 1.807) is 18.2 Å². The van der Waals surface area contributed by atoms with E-state index in [0.717, 1.165) is 0 Å². The van der Waals surface area contributed by atoms with Crippen LogP contribution in [0.5, 0.6) is 0 Å². The van der Waals surface area contributed by atoms with Crippen LogP contribution in [0.25, 0.3) is 0 Å². The molecule has 0 aliphatic rings. The van der Waals surface area contributed by atoms with Gasteiger partial charge in [-0.05, 0) is 12.1 Å². The Morgan fingerprint density at radius 1 is 1.35 bits per heavy atom. The Bertz CT molecular complexity index is 460. The van der Waals surface area contributed by atoms with Gasteiger partial charge in [0.1, 0.15) is 6.61 Å². The molecule has 0 aliphatic carbocycles. The van der Waals surface area contributed by atoms with Crippen LogP contribution in [0, 0.1) is 0 Å². The summed E-state index contributed by atoms with van der Waals surface area (Å²) in [7, 11) is 0. The monoisotopic (exact) mass is 273 g/mol. The van der Waals surface area contributed by atoms with Gasteiger partial charge in [-0.15, -0.1) is 0 Å². The van der Waals surface area contributed by atoms with Gasteiger partial charge in [0.25, 0.3) is 5.91 Å². The fourth-order valence-corrected chi connectivity index (χ4v) is 1.26. The number of ether oxygens (including phenoxy) is 1. The summed E-state index contributed by atoms with van der Waals surface area (Å²) in [5.41, 5.74) is 0.191. The predicted octanol–water partition coefficient (Wildman–Crippen LogP) is 2.96. The van der Waals surface area contributed by atoms with E-state index in [0.29, 0.717) is 0 Å². The van der Waals surface area contributed by atoms with Gasteiger partial charge in [0.05, 0.1) is 10.6 Å². The highest BCUT2D eigenvalue weighted by Crippen LogP contribution is 2.14. The van der Waals surface area contributed by atoms with Gasteiger partial charge in [0.15, 0.2) is 0 Å². The molecule has 2 amide bonds. The Hall–Kier alpha value is -1.52. The van der Waals surface area contributed by atoms with E-state index in [1.165, 1.54) is 6.07 Å². The van der Waals surface area contributed by atoms with Crippen LogP contribution in [0.15, 0.2) is 35.9 Å². The molecule has 17 heavy (non-hydrogen) atoms. The first-order chi connectivity index (χ1) is 8.00. The number of carbonyl (C=O) groups is 2. The number of hydrogen-bond donors (Lipinski definition) is 1. The summed E-state index contributed by atoms with van der Waals surface area (Å²) in [5.74, 6) is -0.638. The van der Waals surface area contributed by atoms with Gasteiger partial charge in [-0.3, -0.25) is 10.1 Å². The summed E-state index contributed by atoms with van der Waals surface area (Å²) in [6.07, 6.45) is -0.906. The van der Waals surface area contributed by atoms with Crippen molar-refractivity contribution in [2.24, 2.45) is 0 Å². The minimum atomic E-state index is -0.906. The largest absolute Gasteiger partial charge is 0.443 e. The lowest BCUT2D eigenvalue weighted by Crippen LogP contribution is -2.31. The Morgan fingerprint density at radius 2 is 2.00 bits per heavy atom. The van der Waals surface area contributed by atoms with Crippen LogP contribution < -0.4 is 5.32 Å². The number of imide groups is 1. The standard InChI is InChI=1S/C11H9Cl2NO3/c1-7(12)6-17-11(16)14-10(15)8-4-2-3-5-9(8)13/h2-5H,1,6H2,(H,14,15,16). The highest BCUT2D eigenvalue weighted by atomic mass is 35.5. The van der Waals surface area contributed by atoms with Crippen molar-refractivity contribution >= 4 is 35.2 Å². The van der Waals surface area contributed by atoms with Crippen molar-refractivity contribution in [1.29, 1.82) is 0 Å². The molecule has 1 rings (SSSR count). The second kappa shape index (κ2) is 6.27. The quantitative estimate of drug-likeness (QED) is 0.921. The molecule has 0 aromatic heterocycles. The third kappa shape index (κ3) is 4.46. The smallest absolute Gasteiger partial charge is 0.414 e. The van der Waals surface area contributed by atoms with E-state index in [2.05, 4.69) is 11.3 Å². The molecule has 1 aromatic carbocycles. The Kier molecular flexibility index (Phi) is 5.00. The van der Waals surface area contributed by atoms with E-state index in [1.807, 2.05) is 5.32 Å². The van der Waals surface area contributed by atoms with Gasteiger partial charge in [-0.2, -0.15) is 0 Å². The second-order valence-electron chi connectivity index (χ2n) is 3.03. The average Bonchev–Trinajstić information content (AvgIpc) is 2.26. The number of hydrogen-bond acceptors (Lipinski definition) is 3. The summed E-state index contributed by atoms with van der Waals surface area (Å²) >= 11 is 11.2. The molecule has 1 N–H and O–H groups in total. The van der Waals surface area contributed by atoms with E-state index in [9.17, 15) is 9.59 Å². The van der Waals surface area contributed by atoms with Gasteiger partial charge >= 0.3 is 6.09 Å². The van der Waals surface area contributed by atoms with Crippen molar-refractivity contribution in [3.05, 3.63) is 46.5 Å². The van der Waals surface area contributed by atoms with Crippen LogP contribution in [-0.4, -0.2) is 18.6 Å². The first-order valence-corrected chi connectivity index (χ1v) is 5.32. The van der Waals surface area contributed by atoms with E-state index in [4.69, 9.17) is 23.2 Å². The number of carbonyl (C=O) groups excluding carboxylic acids is 2. The molecule has 0 aliphatic heterocycles. The Morgan fingerprint density at radius 3 is 2.59 bits per heavy atom. The number of rotatable bonds is 3. The highest BCUT2D eigenvalue weighted by molar-refractivity contribution is 6.34. The Balaban J connectivity index is 2.58. The molecule has 1 aromatic rings. The lowest BCUT2D eigenvalue weighted by Gasteiger charge is -2.06. The summed E-state index contributed by atoms with van der Waals surface area (Å²) < 4.78 is 4.59. The fourth-order valence-electron chi connectivity index (χ4n) is 0.985. The SMILES string of the molecule is C=C(Cl)COC(=O)NC(=O)c1ccccc1Cl. The fraction of sp³-hybridized carbons (Fsp3) is 0.0909. The van der Waals surface area contributed by atoms with Crippen LogP contribution in [0.4, 0.5) is 4.79 Å². The van der Waals surface area contributed by atoms with Crippen molar-refractivity contribution in [3.8, 4) is 0 Å². The number of amides is 2. The summed E-state index contributed by atoms with van der Waals surface area (Å²) in [6, 6.07) is 6.34. The maximum atomic E-state index is 11.6. The van der Waals surface area contributed by atoms with E-state index < -0.39 is 12.0 Å². The van der Waals surface area contributed by atoms with Crippen LogP contribution in [0.3, 0.4) is 0 Å². The molecule has 90 valence electrons. The number of halogens is 2. The highest BCUT2D eigenvalue weighted by Gasteiger charge is 2.13. The summed E-state index contributed by atoms with van der Waals surface area (Å²) in [6.45, 7) is 3.17. The second-order valence-corrected chi connectivity index (χ2v) is 3.97. The predicted molar refractivity (Wildman–Crippen MR) is 65.3 cm³/mol. The van der Waals surface area contributed by atoms with Crippen LogP contribution >= 0.6 is 23.2 Å². The zero-order valence-electron chi connectivity index (χ0n) is 8.70. The topological polar surface area (TPSA) is 55.4 Å². The third-order valence-corrected chi connectivity index (χ3v) is 2.13. The van der Waals surface area contributed by atoms with Gasteiger partial charge in [-0.25, -0.2) is 4.79 Å². The van der Waals surface area contributed by atoms with Crippen molar-refractivity contribution in [1.82, 2.24) is 5.32 Å². The van der Waals surface area contributed by atoms with Crippen molar-refractivity contribution in [2.75, 3.05) is 6.61 Å². The maximum absolute atomic E-state index is 11.6. The molecule has 0 atom stereocenters. The number of benzene rings is 1. The third-order valence-electron chi connectivity index (χ3n) is 1.69. The molecule has 0 saturated heterocycles. The lowest BCUT2D eigenvalue weighted by molar-refractivity contribution is 0.0928. The molecule has 0 radical (unpaired) electrons. The number of nitrogens with one attached hydrogen (secondary N) is 1. The van der Waals surface area contributed by atoms with Crippen molar-refractivity contribution in [2.45, 2.75) is 0 Å². The normalized spacial score (nSPS) is 9.53. The van der Waals surface area contributed by atoms with Gasteiger partial charge in [0.2, 0.25) is 0 Å². The van der Waals surface area contributed by atoms with Crippen LogP contribution in [0.1, 0.15) is 10.4 Å². The summed E-state index contributed by atoms with van der Waals surface area (Å²) in [4.78, 5) is 22.7. The summed E-state index contributed by atoms with van der Waals surface area (Å²) in [5, 5.41) is 2.42. The molecule has 0 bridgehead atoms. The van der Waals surface area contributed by atoms with Gasteiger partial charge in [0, 0.05) is 5.03 Å². The van der Waals surface area contributed by atoms with E-state index >= 15 is 0 Å². The minimum absolute atomic E-state index is 0.158. The molecule has 0 fully saturated rings. The van der Waals surface area contributed by atoms with Gasteiger partial charge < -0.3 is 4.74 Å². The first-order valence-electron chi connectivity index (χ1n) is 4.56. The zero-order valence-corrected chi connectivity index (χ0v) is 10.2. The maximum Gasteiger partial charge on any atom is 0.414 e. The van der Waals surface area contributed by atoms with Crippen molar-refractivity contribution < 1.29 is 14.3 Å². The minimum Gasteiger partial charge on any atom is -0.443 e. The molecule has 0 heterocycles. The molecule has 6 heteroatoms. The average molecular weight is 274 g/mol. The molecule has 0 saturated carbocycles. The molecule has 0 spiro atoms. The first kappa shape index (κ1) is 13.5. The van der Waals surface area contributed by atoms with E-state index in [-0.39, 0.29) is 22.2 Å². The molecule has 0 unspecified atom stereocenters. The molecular formula is C11H9Cl2NO3. The van der Waals surface area contributed by atoms with Crippen molar-refractivity contribution in [3.63, 3.8) is 0 Å². The van der Waals surface area contributed by atoms with Gasteiger partial charge in [-0.1, -0.05) is 41.9 Å². The zero-order chi connectivity index (χ0) is 12.8. The molecular weight excluding hydrogens is 265 g/mol.